The number of carbonyl (C=O) groups excluding carboxylic acids is 1. The summed E-state index contributed by atoms with van der Waals surface area (Å²) in [4.78, 5) is 14.4. The third kappa shape index (κ3) is 2.66. The molecule has 3 rings (SSSR count). The van der Waals surface area contributed by atoms with Crippen molar-refractivity contribution in [3.8, 4) is 0 Å². The van der Waals surface area contributed by atoms with Crippen LogP contribution in [-0.2, 0) is 6.54 Å². The number of hydrogen-bond donors (Lipinski definition) is 2. The number of aromatic amines is 1. The number of hydrogen-bond acceptors (Lipinski definition) is 3. The molecule has 0 aliphatic heterocycles. The van der Waals surface area contributed by atoms with Gasteiger partial charge in [-0.15, -0.1) is 0 Å². The molecule has 1 amide bonds. The van der Waals surface area contributed by atoms with Crippen molar-refractivity contribution in [2.75, 3.05) is 5.73 Å². The Hall–Kier alpha value is -2.30. The van der Waals surface area contributed by atoms with E-state index in [1.54, 1.807) is 6.07 Å². The van der Waals surface area contributed by atoms with E-state index in [4.69, 9.17) is 5.73 Å². The van der Waals surface area contributed by atoms with Gasteiger partial charge in [0.15, 0.2) is 0 Å². The normalized spacial score (nSPS) is 14.2. The van der Waals surface area contributed by atoms with E-state index in [0.717, 1.165) is 18.4 Å². The fourth-order valence-electron chi connectivity index (χ4n) is 2.36. The molecule has 0 radical (unpaired) electrons. The first-order valence-electron chi connectivity index (χ1n) is 6.81. The molecule has 1 aromatic carbocycles. The molecule has 20 heavy (non-hydrogen) atoms. The van der Waals surface area contributed by atoms with Crippen molar-refractivity contribution in [2.24, 2.45) is 0 Å². The van der Waals surface area contributed by atoms with Crippen molar-refractivity contribution in [2.45, 2.75) is 32.4 Å². The molecule has 0 atom stereocenters. The first kappa shape index (κ1) is 12.7. The maximum Gasteiger partial charge on any atom is 0.272 e. The molecule has 0 saturated heterocycles. The number of nitrogens with two attached hydrogens (primary N) is 1. The summed E-state index contributed by atoms with van der Waals surface area (Å²) in [6.07, 6.45) is 2.14. The van der Waals surface area contributed by atoms with E-state index in [-0.39, 0.29) is 5.91 Å². The summed E-state index contributed by atoms with van der Waals surface area (Å²) >= 11 is 0. The molecule has 0 spiro atoms. The first-order valence-corrected chi connectivity index (χ1v) is 6.81. The van der Waals surface area contributed by atoms with Crippen LogP contribution < -0.4 is 5.73 Å². The number of aryl methyl sites for hydroxylation is 1. The van der Waals surface area contributed by atoms with Crippen LogP contribution in [-0.4, -0.2) is 27.0 Å². The zero-order chi connectivity index (χ0) is 14.1. The lowest BCUT2D eigenvalue weighted by atomic mass is 10.1. The highest BCUT2D eigenvalue weighted by molar-refractivity contribution is 5.93. The largest absolute Gasteiger partial charge is 0.382 e. The van der Waals surface area contributed by atoms with Crippen LogP contribution in [0.5, 0.6) is 0 Å². The maximum absolute atomic E-state index is 12.5. The van der Waals surface area contributed by atoms with Crippen LogP contribution in [0, 0.1) is 6.92 Å². The van der Waals surface area contributed by atoms with Crippen molar-refractivity contribution in [3.05, 3.63) is 47.2 Å². The van der Waals surface area contributed by atoms with E-state index in [0.29, 0.717) is 24.1 Å². The lowest BCUT2D eigenvalue weighted by Gasteiger charge is -2.22. The summed E-state index contributed by atoms with van der Waals surface area (Å²) in [7, 11) is 0. The Labute approximate surface area is 117 Å². The number of H-pyrrole nitrogens is 1. The van der Waals surface area contributed by atoms with Gasteiger partial charge in [0.25, 0.3) is 5.91 Å². The monoisotopic (exact) mass is 270 g/mol. The zero-order valence-electron chi connectivity index (χ0n) is 11.5. The molecule has 1 aliphatic carbocycles. The number of aromatic nitrogens is 2. The maximum atomic E-state index is 12.5. The lowest BCUT2D eigenvalue weighted by Crippen LogP contribution is -2.32. The standard InChI is InChI=1S/C15H18N4O/c1-10-3-2-4-11(7-10)9-19(12-5-6-12)15(20)13-8-14(16)18-17-13/h2-4,7-8,12H,5-6,9H2,1H3,(H3,16,17,18). The zero-order valence-corrected chi connectivity index (χ0v) is 11.5. The summed E-state index contributed by atoms with van der Waals surface area (Å²) in [6.45, 7) is 2.69. The highest BCUT2D eigenvalue weighted by atomic mass is 16.2. The van der Waals surface area contributed by atoms with E-state index in [1.165, 1.54) is 5.56 Å². The molecule has 1 saturated carbocycles. The van der Waals surface area contributed by atoms with Crippen LogP contribution >= 0.6 is 0 Å². The van der Waals surface area contributed by atoms with Gasteiger partial charge >= 0.3 is 0 Å². The fraction of sp³-hybridized carbons (Fsp3) is 0.333. The van der Waals surface area contributed by atoms with Crippen molar-refractivity contribution < 1.29 is 4.79 Å². The second-order valence-corrected chi connectivity index (χ2v) is 5.36. The van der Waals surface area contributed by atoms with Gasteiger partial charge in [-0.2, -0.15) is 5.10 Å². The summed E-state index contributed by atoms with van der Waals surface area (Å²) in [5.74, 6) is 0.317. The van der Waals surface area contributed by atoms with Gasteiger partial charge in [-0.05, 0) is 25.3 Å². The fourth-order valence-corrected chi connectivity index (χ4v) is 2.36. The number of rotatable bonds is 4. The van der Waals surface area contributed by atoms with Gasteiger partial charge in [0, 0.05) is 18.7 Å². The third-order valence-corrected chi connectivity index (χ3v) is 3.51. The van der Waals surface area contributed by atoms with Crippen molar-refractivity contribution in [3.63, 3.8) is 0 Å². The van der Waals surface area contributed by atoms with Gasteiger partial charge < -0.3 is 10.6 Å². The van der Waals surface area contributed by atoms with Gasteiger partial charge in [0.05, 0.1) is 0 Å². The molecule has 2 aromatic rings. The summed E-state index contributed by atoms with van der Waals surface area (Å²) < 4.78 is 0. The van der Waals surface area contributed by atoms with Crippen LogP contribution in [0.1, 0.15) is 34.5 Å². The molecule has 1 fully saturated rings. The number of amides is 1. The van der Waals surface area contributed by atoms with Gasteiger partial charge in [-0.3, -0.25) is 9.89 Å². The number of nitrogens with zero attached hydrogens (tertiary/aromatic N) is 2. The predicted molar refractivity (Wildman–Crippen MR) is 77.1 cm³/mol. The number of benzene rings is 1. The molecule has 104 valence electrons. The van der Waals surface area contributed by atoms with Crippen LogP contribution in [0.4, 0.5) is 5.82 Å². The van der Waals surface area contributed by atoms with Crippen LogP contribution in [0.15, 0.2) is 30.3 Å². The van der Waals surface area contributed by atoms with Crippen molar-refractivity contribution in [1.29, 1.82) is 0 Å². The van der Waals surface area contributed by atoms with Crippen LogP contribution in [0.3, 0.4) is 0 Å². The number of nitrogen functional groups attached to an aromatic ring is 1. The molecule has 3 N–H and O–H groups in total. The van der Waals surface area contributed by atoms with Crippen molar-refractivity contribution >= 4 is 11.7 Å². The highest BCUT2D eigenvalue weighted by Crippen LogP contribution is 2.29. The molecular formula is C15H18N4O. The highest BCUT2D eigenvalue weighted by Gasteiger charge is 2.33. The SMILES string of the molecule is Cc1cccc(CN(C(=O)c2cc(N)n[nH]2)C2CC2)c1. The second-order valence-electron chi connectivity index (χ2n) is 5.36. The van der Waals surface area contributed by atoms with Gasteiger partial charge in [0.2, 0.25) is 0 Å². The minimum Gasteiger partial charge on any atom is -0.382 e. The van der Waals surface area contributed by atoms with E-state index >= 15 is 0 Å². The second kappa shape index (κ2) is 5.00. The molecule has 1 aliphatic rings. The van der Waals surface area contributed by atoms with Gasteiger partial charge in [-0.1, -0.05) is 29.8 Å². The Kier molecular flexibility index (Phi) is 3.18. The first-order chi connectivity index (χ1) is 9.63. The Morgan fingerprint density at radius 1 is 1.45 bits per heavy atom. The summed E-state index contributed by atoms with van der Waals surface area (Å²) in [6, 6.07) is 10.2. The number of nitrogens with one attached hydrogen (secondary N) is 1. The van der Waals surface area contributed by atoms with E-state index < -0.39 is 0 Å². The van der Waals surface area contributed by atoms with Crippen molar-refractivity contribution in [1.82, 2.24) is 15.1 Å². The summed E-state index contributed by atoms with van der Waals surface area (Å²) in [5, 5.41) is 6.53. The van der Waals surface area contributed by atoms with E-state index in [1.807, 2.05) is 11.0 Å². The Morgan fingerprint density at radius 3 is 2.85 bits per heavy atom. The van der Waals surface area contributed by atoms with Crippen LogP contribution in [0.2, 0.25) is 0 Å². The van der Waals surface area contributed by atoms with Gasteiger partial charge in [-0.25, -0.2) is 0 Å². The summed E-state index contributed by atoms with van der Waals surface area (Å²) in [5.41, 5.74) is 8.38. The van der Waals surface area contributed by atoms with Crippen LogP contribution in [0.25, 0.3) is 0 Å². The van der Waals surface area contributed by atoms with E-state index in [2.05, 4.69) is 35.3 Å². The lowest BCUT2D eigenvalue weighted by molar-refractivity contribution is 0.0724. The minimum atomic E-state index is -0.0294. The Morgan fingerprint density at radius 2 is 2.25 bits per heavy atom. The van der Waals surface area contributed by atoms with Gasteiger partial charge in [0.1, 0.15) is 11.5 Å². The molecule has 1 heterocycles. The quantitative estimate of drug-likeness (QED) is 0.893. The van der Waals surface area contributed by atoms with E-state index in [9.17, 15) is 4.79 Å². The molecule has 0 unspecified atom stereocenters. The molecule has 5 nitrogen and oxygen atoms in total. The Bertz CT molecular complexity index is 630. The average molecular weight is 270 g/mol. The Balaban J connectivity index is 1.81. The predicted octanol–water partition coefficient (Wildman–Crippen LogP) is 2.11. The number of anilines is 1. The smallest absolute Gasteiger partial charge is 0.272 e. The number of carbonyl (C=O) groups is 1. The molecule has 1 aromatic heterocycles. The minimum absolute atomic E-state index is 0.0294. The average Bonchev–Trinajstić information content (AvgIpc) is 3.17. The molecular weight excluding hydrogens is 252 g/mol. The third-order valence-electron chi connectivity index (χ3n) is 3.51. The molecule has 0 bridgehead atoms. The topological polar surface area (TPSA) is 75.0 Å². The molecule has 5 heteroatoms.